The molecule has 0 fully saturated rings. The van der Waals surface area contributed by atoms with Crippen LogP contribution in [0, 0.1) is 0 Å². The molecule has 0 amide bonds. The lowest BCUT2D eigenvalue weighted by molar-refractivity contribution is 0.0702. The van der Waals surface area contributed by atoms with Crippen LogP contribution in [0.5, 0.6) is 0 Å². The fourth-order valence-electron chi connectivity index (χ4n) is 3.32. The zero-order valence-corrected chi connectivity index (χ0v) is 21.2. The van der Waals surface area contributed by atoms with Crippen molar-refractivity contribution in [3.8, 4) is 0 Å². The molecule has 32 heavy (non-hydrogen) atoms. The first kappa shape index (κ1) is 24.9. The SMILES string of the molecule is O=C(O)c1ccc(CCCN(CCCc2cccc(Cl)c2)S(=O)(=O)c2ccc(Br)cc2)s1. The standard InChI is InChI=1S/C23H23BrClNO4S2/c24-18-8-11-21(12-9-18)32(29,30)26(14-2-5-17-4-1-6-19(25)16-17)15-3-7-20-10-13-22(31-20)23(27)28/h1,4,6,8-13,16H,2-3,5,7,14-15H2,(H,27,28). The minimum atomic E-state index is -3.65. The topological polar surface area (TPSA) is 74.7 Å². The molecule has 3 aromatic rings. The first-order valence-corrected chi connectivity index (χ1v) is 13.5. The van der Waals surface area contributed by atoms with Crippen LogP contribution in [0.15, 0.2) is 70.0 Å². The highest BCUT2D eigenvalue weighted by molar-refractivity contribution is 9.10. The second kappa shape index (κ2) is 11.4. The van der Waals surface area contributed by atoms with Crippen LogP contribution < -0.4 is 0 Å². The third-order valence-corrected chi connectivity index (χ3v) is 8.73. The highest BCUT2D eigenvalue weighted by atomic mass is 79.9. The Kier molecular flexibility index (Phi) is 8.90. The van der Waals surface area contributed by atoms with Gasteiger partial charge in [0.05, 0.1) is 4.90 Å². The van der Waals surface area contributed by atoms with E-state index in [0.717, 1.165) is 21.3 Å². The number of carbonyl (C=O) groups is 1. The molecular formula is C23H23BrClNO4S2. The van der Waals surface area contributed by atoms with Gasteiger partial charge in [-0.3, -0.25) is 0 Å². The molecule has 0 saturated carbocycles. The van der Waals surface area contributed by atoms with E-state index in [1.165, 1.54) is 15.6 Å². The van der Waals surface area contributed by atoms with E-state index in [9.17, 15) is 13.2 Å². The number of hydrogen-bond donors (Lipinski definition) is 1. The van der Waals surface area contributed by atoms with E-state index in [1.807, 2.05) is 24.3 Å². The van der Waals surface area contributed by atoms with Crippen LogP contribution in [0.25, 0.3) is 0 Å². The maximum atomic E-state index is 13.3. The lowest BCUT2D eigenvalue weighted by Gasteiger charge is -2.22. The van der Waals surface area contributed by atoms with Gasteiger partial charge in [-0.25, -0.2) is 13.2 Å². The molecule has 0 aliphatic heterocycles. The van der Waals surface area contributed by atoms with Crippen LogP contribution in [-0.4, -0.2) is 36.9 Å². The largest absolute Gasteiger partial charge is 0.477 e. The summed E-state index contributed by atoms with van der Waals surface area (Å²) in [4.78, 5) is 12.6. The summed E-state index contributed by atoms with van der Waals surface area (Å²) < 4.78 is 28.9. The molecule has 0 aliphatic rings. The van der Waals surface area contributed by atoms with E-state index in [-0.39, 0.29) is 4.90 Å². The molecule has 0 saturated heterocycles. The molecule has 2 aromatic carbocycles. The van der Waals surface area contributed by atoms with Gasteiger partial charge in [-0.1, -0.05) is 39.7 Å². The van der Waals surface area contributed by atoms with Crippen LogP contribution in [0.4, 0.5) is 0 Å². The molecule has 0 bridgehead atoms. The molecule has 1 N–H and O–H groups in total. The summed E-state index contributed by atoms with van der Waals surface area (Å²) in [5.41, 5.74) is 1.07. The van der Waals surface area contributed by atoms with Crippen molar-refractivity contribution in [2.45, 2.75) is 30.6 Å². The zero-order chi connectivity index (χ0) is 23.1. The molecule has 170 valence electrons. The first-order chi connectivity index (χ1) is 15.3. The summed E-state index contributed by atoms with van der Waals surface area (Å²) in [5, 5.41) is 9.75. The van der Waals surface area contributed by atoms with Gasteiger partial charge >= 0.3 is 5.97 Å². The van der Waals surface area contributed by atoms with E-state index in [1.54, 1.807) is 36.4 Å². The van der Waals surface area contributed by atoms with Crippen molar-refractivity contribution in [1.29, 1.82) is 0 Å². The number of carboxylic acid groups (broad SMARTS) is 1. The van der Waals surface area contributed by atoms with E-state index >= 15 is 0 Å². The van der Waals surface area contributed by atoms with Crippen molar-refractivity contribution in [2.24, 2.45) is 0 Å². The molecule has 0 spiro atoms. The minimum Gasteiger partial charge on any atom is -0.477 e. The van der Waals surface area contributed by atoms with Crippen molar-refractivity contribution in [2.75, 3.05) is 13.1 Å². The molecule has 9 heteroatoms. The van der Waals surface area contributed by atoms with Crippen LogP contribution in [0.1, 0.15) is 33.0 Å². The van der Waals surface area contributed by atoms with E-state index in [0.29, 0.717) is 42.3 Å². The van der Waals surface area contributed by atoms with Crippen molar-refractivity contribution < 1.29 is 18.3 Å². The average Bonchev–Trinajstić information content (AvgIpc) is 3.22. The van der Waals surface area contributed by atoms with Gasteiger partial charge in [0, 0.05) is 27.5 Å². The predicted molar refractivity (Wildman–Crippen MR) is 132 cm³/mol. The van der Waals surface area contributed by atoms with Gasteiger partial charge in [0.1, 0.15) is 4.88 Å². The van der Waals surface area contributed by atoms with Crippen LogP contribution in [-0.2, 0) is 22.9 Å². The molecule has 3 rings (SSSR count). The molecule has 0 radical (unpaired) electrons. The predicted octanol–water partition coefficient (Wildman–Crippen LogP) is 6.12. The Morgan fingerprint density at radius 3 is 2.31 bits per heavy atom. The van der Waals surface area contributed by atoms with Gasteiger partial charge in [0.25, 0.3) is 0 Å². The van der Waals surface area contributed by atoms with Gasteiger partial charge in [0.2, 0.25) is 10.0 Å². The molecule has 1 heterocycles. The molecule has 1 aromatic heterocycles. The van der Waals surface area contributed by atoms with Crippen LogP contribution >= 0.6 is 38.9 Å². The minimum absolute atomic E-state index is 0.257. The number of aromatic carboxylic acids is 1. The third kappa shape index (κ3) is 6.89. The first-order valence-electron chi connectivity index (χ1n) is 10.1. The molecule has 5 nitrogen and oxygen atoms in total. The van der Waals surface area contributed by atoms with Crippen LogP contribution in [0.3, 0.4) is 0 Å². The monoisotopic (exact) mass is 555 g/mol. The highest BCUT2D eigenvalue weighted by Gasteiger charge is 2.24. The number of halogens is 2. The lowest BCUT2D eigenvalue weighted by atomic mass is 10.1. The average molecular weight is 557 g/mol. The zero-order valence-electron chi connectivity index (χ0n) is 17.2. The van der Waals surface area contributed by atoms with E-state index in [2.05, 4.69) is 15.9 Å². The second-order valence-corrected chi connectivity index (χ2v) is 11.7. The Hall–Kier alpha value is -1.71. The Morgan fingerprint density at radius 1 is 1.00 bits per heavy atom. The van der Waals surface area contributed by atoms with Gasteiger partial charge in [0.15, 0.2) is 0 Å². The summed E-state index contributed by atoms with van der Waals surface area (Å²) in [6.45, 7) is 0.740. The summed E-state index contributed by atoms with van der Waals surface area (Å²) in [6.07, 6.45) is 2.61. The number of thiophene rings is 1. The van der Waals surface area contributed by atoms with Gasteiger partial charge < -0.3 is 5.11 Å². The van der Waals surface area contributed by atoms with Crippen molar-refractivity contribution >= 4 is 54.9 Å². The molecule has 0 unspecified atom stereocenters. The number of hydrogen-bond acceptors (Lipinski definition) is 4. The van der Waals surface area contributed by atoms with Crippen molar-refractivity contribution in [3.63, 3.8) is 0 Å². The van der Waals surface area contributed by atoms with E-state index in [4.69, 9.17) is 16.7 Å². The van der Waals surface area contributed by atoms with Crippen molar-refractivity contribution in [3.05, 3.63) is 85.5 Å². The number of benzene rings is 2. The Balaban J connectivity index is 1.68. The maximum absolute atomic E-state index is 13.3. The van der Waals surface area contributed by atoms with Gasteiger partial charge in [-0.2, -0.15) is 4.31 Å². The fourth-order valence-corrected chi connectivity index (χ4v) is 6.20. The normalized spacial score (nSPS) is 11.7. The smallest absolute Gasteiger partial charge is 0.345 e. The van der Waals surface area contributed by atoms with Crippen molar-refractivity contribution in [1.82, 2.24) is 4.31 Å². The molecule has 0 aliphatic carbocycles. The Morgan fingerprint density at radius 2 is 1.69 bits per heavy atom. The summed E-state index contributed by atoms with van der Waals surface area (Å²) in [7, 11) is -3.65. The van der Waals surface area contributed by atoms with E-state index < -0.39 is 16.0 Å². The Labute approximate surface area is 205 Å². The van der Waals surface area contributed by atoms with Gasteiger partial charge in [-0.05, 0) is 79.8 Å². The molecule has 0 atom stereocenters. The van der Waals surface area contributed by atoms with Crippen LogP contribution in [0.2, 0.25) is 5.02 Å². The number of nitrogens with zero attached hydrogens (tertiary/aromatic N) is 1. The highest BCUT2D eigenvalue weighted by Crippen LogP contribution is 2.22. The fraction of sp³-hybridized carbons (Fsp3) is 0.261. The summed E-state index contributed by atoms with van der Waals surface area (Å²) in [5.74, 6) is -0.943. The number of rotatable bonds is 11. The summed E-state index contributed by atoms with van der Waals surface area (Å²) >= 11 is 10.6. The number of sulfonamides is 1. The number of aryl methyl sites for hydroxylation is 2. The number of carboxylic acids is 1. The van der Waals surface area contributed by atoms with Gasteiger partial charge in [-0.15, -0.1) is 11.3 Å². The molecular weight excluding hydrogens is 534 g/mol. The Bertz CT molecular complexity index is 1160. The second-order valence-electron chi connectivity index (χ2n) is 7.27. The third-order valence-electron chi connectivity index (χ3n) is 4.92. The lowest BCUT2D eigenvalue weighted by Crippen LogP contribution is -2.33. The quantitative estimate of drug-likeness (QED) is 0.309. The summed E-state index contributed by atoms with van der Waals surface area (Å²) in [6, 6.07) is 17.6. The maximum Gasteiger partial charge on any atom is 0.345 e.